The van der Waals surface area contributed by atoms with Crippen molar-refractivity contribution in [2.45, 2.75) is 45.6 Å². The average Bonchev–Trinajstić information content (AvgIpc) is 2.03. The molecule has 1 aliphatic heterocycles. The Bertz CT molecular complexity index is 142. The van der Waals surface area contributed by atoms with Crippen LogP contribution >= 0.6 is 0 Å². The smallest absolute Gasteiger partial charge is 0.312 e. The van der Waals surface area contributed by atoms with Crippen molar-refractivity contribution in [1.29, 1.82) is 0 Å². The highest BCUT2D eigenvalue weighted by Crippen LogP contribution is 2.25. The van der Waals surface area contributed by atoms with Gasteiger partial charge in [0.2, 0.25) is 0 Å². The Labute approximate surface area is 67.9 Å². The van der Waals surface area contributed by atoms with E-state index in [0.29, 0.717) is 0 Å². The van der Waals surface area contributed by atoms with Crippen LogP contribution < -0.4 is 0 Å². The van der Waals surface area contributed by atoms with E-state index in [2.05, 4.69) is 6.92 Å². The van der Waals surface area contributed by atoms with E-state index in [-0.39, 0.29) is 18.0 Å². The molecule has 0 saturated carbocycles. The number of unbranched alkanes of at least 4 members (excludes halogenated alkanes) is 2. The van der Waals surface area contributed by atoms with Crippen molar-refractivity contribution in [3.63, 3.8) is 0 Å². The molecule has 0 aromatic carbocycles. The van der Waals surface area contributed by atoms with E-state index in [4.69, 9.17) is 4.74 Å². The highest BCUT2D eigenvalue weighted by molar-refractivity contribution is 5.77. The van der Waals surface area contributed by atoms with Crippen LogP contribution in [-0.2, 0) is 9.53 Å². The van der Waals surface area contributed by atoms with Gasteiger partial charge in [-0.25, -0.2) is 0 Å². The Balaban J connectivity index is 2.05. The van der Waals surface area contributed by atoms with Crippen LogP contribution in [0.1, 0.15) is 39.5 Å². The summed E-state index contributed by atoms with van der Waals surface area (Å²) in [6, 6.07) is 0. The SMILES string of the molecule is CCCCCC1OC(=O)C1C. The van der Waals surface area contributed by atoms with Gasteiger partial charge >= 0.3 is 5.97 Å². The van der Waals surface area contributed by atoms with E-state index in [9.17, 15) is 4.79 Å². The normalized spacial score (nSPS) is 29.5. The van der Waals surface area contributed by atoms with Gasteiger partial charge in [-0.1, -0.05) is 19.8 Å². The van der Waals surface area contributed by atoms with Gasteiger partial charge in [-0.05, 0) is 19.8 Å². The fraction of sp³-hybridized carbons (Fsp3) is 0.889. The standard InChI is InChI=1S/C9H16O2/c1-3-4-5-6-8-7(2)9(10)11-8/h7-8H,3-6H2,1-2H3. The van der Waals surface area contributed by atoms with Crippen molar-refractivity contribution in [3.05, 3.63) is 0 Å². The molecule has 1 aliphatic rings. The first kappa shape index (κ1) is 8.57. The summed E-state index contributed by atoms with van der Waals surface area (Å²) in [6.45, 7) is 4.12. The number of carbonyl (C=O) groups excluding carboxylic acids is 1. The molecule has 64 valence electrons. The van der Waals surface area contributed by atoms with Gasteiger partial charge < -0.3 is 4.74 Å². The van der Waals surface area contributed by atoms with Crippen LogP contribution in [0.25, 0.3) is 0 Å². The molecule has 0 aliphatic carbocycles. The molecule has 0 spiro atoms. The van der Waals surface area contributed by atoms with Gasteiger partial charge in [0, 0.05) is 0 Å². The Morgan fingerprint density at radius 2 is 2.18 bits per heavy atom. The molecule has 1 fully saturated rings. The summed E-state index contributed by atoms with van der Waals surface area (Å²) in [6.07, 6.45) is 4.96. The molecule has 1 heterocycles. The summed E-state index contributed by atoms with van der Waals surface area (Å²) in [5.41, 5.74) is 0. The van der Waals surface area contributed by atoms with E-state index >= 15 is 0 Å². The molecule has 0 radical (unpaired) electrons. The molecule has 2 unspecified atom stereocenters. The van der Waals surface area contributed by atoms with E-state index in [1.165, 1.54) is 19.3 Å². The number of esters is 1. The van der Waals surface area contributed by atoms with Crippen LogP contribution in [0, 0.1) is 5.92 Å². The molecule has 0 N–H and O–H groups in total. The number of hydrogen-bond acceptors (Lipinski definition) is 2. The Morgan fingerprint density at radius 1 is 1.45 bits per heavy atom. The van der Waals surface area contributed by atoms with Crippen LogP contribution in [0.15, 0.2) is 0 Å². The Kier molecular flexibility index (Phi) is 2.92. The lowest BCUT2D eigenvalue weighted by molar-refractivity contribution is -0.183. The molecule has 11 heavy (non-hydrogen) atoms. The highest BCUT2D eigenvalue weighted by Gasteiger charge is 2.37. The van der Waals surface area contributed by atoms with E-state index in [1.54, 1.807) is 0 Å². The maximum Gasteiger partial charge on any atom is 0.312 e. The summed E-state index contributed by atoms with van der Waals surface area (Å²) in [4.78, 5) is 10.7. The van der Waals surface area contributed by atoms with E-state index < -0.39 is 0 Å². The highest BCUT2D eigenvalue weighted by atomic mass is 16.6. The molecule has 1 saturated heterocycles. The number of ether oxygens (including phenoxy) is 1. The van der Waals surface area contributed by atoms with Crippen molar-refractivity contribution in [2.75, 3.05) is 0 Å². The van der Waals surface area contributed by atoms with Gasteiger partial charge in [-0.3, -0.25) is 4.79 Å². The average molecular weight is 156 g/mol. The van der Waals surface area contributed by atoms with Crippen molar-refractivity contribution in [2.24, 2.45) is 5.92 Å². The van der Waals surface area contributed by atoms with Gasteiger partial charge in [0.1, 0.15) is 6.10 Å². The summed E-state index contributed by atoms with van der Waals surface area (Å²) in [5.74, 6) is 0.137. The first-order valence-corrected chi connectivity index (χ1v) is 4.46. The van der Waals surface area contributed by atoms with Crippen LogP contribution in [0.3, 0.4) is 0 Å². The molecule has 0 bridgehead atoms. The lowest BCUT2D eigenvalue weighted by Crippen LogP contribution is -2.42. The van der Waals surface area contributed by atoms with Crippen LogP contribution in [0.5, 0.6) is 0 Å². The van der Waals surface area contributed by atoms with Gasteiger partial charge in [0.25, 0.3) is 0 Å². The minimum absolute atomic E-state index is 0.0218. The van der Waals surface area contributed by atoms with Gasteiger partial charge in [0.05, 0.1) is 5.92 Å². The molecule has 1 rings (SSSR count). The van der Waals surface area contributed by atoms with Gasteiger partial charge in [-0.15, -0.1) is 0 Å². The fourth-order valence-electron chi connectivity index (χ4n) is 1.34. The molecule has 0 amide bonds. The van der Waals surface area contributed by atoms with Crippen molar-refractivity contribution in [3.8, 4) is 0 Å². The van der Waals surface area contributed by atoms with Crippen molar-refractivity contribution in [1.82, 2.24) is 0 Å². The zero-order valence-corrected chi connectivity index (χ0v) is 7.30. The molecule has 2 atom stereocenters. The first-order valence-electron chi connectivity index (χ1n) is 4.46. The zero-order valence-electron chi connectivity index (χ0n) is 7.30. The third kappa shape index (κ3) is 1.95. The topological polar surface area (TPSA) is 26.3 Å². The number of cyclic esters (lactones) is 1. The lowest BCUT2D eigenvalue weighted by Gasteiger charge is -2.32. The lowest BCUT2D eigenvalue weighted by atomic mass is 9.94. The third-order valence-electron chi connectivity index (χ3n) is 2.29. The van der Waals surface area contributed by atoms with Crippen LogP contribution in [0.4, 0.5) is 0 Å². The summed E-state index contributed by atoms with van der Waals surface area (Å²) < 4.78 is 4.96. The molecule has 0 aromatic heterocycles. The summed E-state index contributed by atoms with van der Waals surface area (Å²) >= 11 is 0. The number of hydrogen-bond donors (Lipinski definition) is 0. The van der Waals surface area contributed by atoms with Crippen LogP contribution in [-0.4, -0.2) is 12.1 Å². The van der Waals surface area contributed by atoms with E-state index in [1.807, 2.05) is 6.92 Å². The zero-order chi connectivity index (χ0) is 8.27. The second kappa shape index (κ2) is 3.74. The predicted molar refractivity (Wildman–Crippen MR) is 43.2 cm³/mol. The fourth-order valence-corrected chi connectivity index (χ4v) is 1.34. The van der Waals surface area contributed by atoms with Gasteiger partial charge in [-0.2, -0.15) is 0 Å². The second-order valence-electron chi connectivity index (χ2n) is 3.26. The molecule has 2 nitrogen and oxygen atoms in total. The quantitative estimate of drug-likeness (QED) is 0.460. The number of carbonyl (C=O) groups is 1. The predicted octanol–water partition coefficient (Wildman–Crippen LogP) is 2.13. The Morgan fingerprint density at radius 3 is 2.64 bits per heavy atom. The summed E-state index contributed by atoms with van der Waals surface area (Å²) in [7, 11) is 0. The largest absolute Gasteiger partial charge is 0.461 e. The van der Waals surface area contributed by atoms with Gasteiger partial charge in [0.15, 0.2) is 0 Å². The van der Waals surface area contributed by atoms with Crippen LogP contribution in [0.2, 0.25) is 0 Å². The molecule has 0 aromatic rings. The monoisotopic (exact) mass is 156 g/mol. The minimum atomic E-state index is -0.0218. The molecule has 2 heteroatoms. The minimum Gasteiger partial charge on any atom is -0.461 e. The van der Waals surface area contributed by atoms with E-state index in [0.717, 1.165) is 6.42 Å². The maximum atomic E-state index is 10.7. The number of rotatable bonds is 4. The Hall–Kier alpha value is -0.530. The van der Waals surface area contributed by atoms with Crippen molar-refractivity contribution < 1.29 is 9.53 Å². The second-order valence-corrected chi connectivity index (χ2v) is 3.26. The summed E-state index contributed by atoms with van der Waals surface area (Å²) in [5, 5.41) is 0. The maximum absolute atomic E-state index is 10.7. The van der Waals surface area contributed by atoms with Crippen molar-refractivity contribution >= 4 is 5.97 Å². The molecular weight excluding hydrogens is 140 g/mol. The molecular formula is C9H16O2. The first-order chi connectivity index (χ1) is 5.25. The third-order valence-corrected chi connectivity index (χ3v) is 2.29.